The van der Waals surface area contributed by atoms with Crippen molar-refractivity contribution in [1.29, 1.82) is 0 Å². The molecule has 0 spiro atoms. The molecule has 0 aliphatic heterocycles. The molecule has 0 aliphatic rings. The maximum absolute atomic E-state index is 13.8. The molecule has 0 saturated heterocycles. The van der Waals surface area contributed by atoms with Gasteiger partial charge >= 0.3 is 0 Å². The number of rotatable bonds is 9. The third-order valence-corrected chi connectivity index (χ3v) is 4.26. The molecular weight excluding hydrogens is 275 g/mol. The van der Waals surface area contributed by atoms with Gasteiger partial charge in [-0.25, -0.2) is 4.39 Å². The molecule has 0 fully saturated rings. The van der Waals surface area contributed by atoms with E-state index in [9.17, 15) is 4.39 Å². The molecule has 114 valence electrons. The van der Waals surface area contributed by atoms with Crippen LogP contribution in [0, 0.1) is 11.7 Å². The standard InChI is InChI=1S/C16H26ClFN2/c1-3-5-7-12(4-2)10-13(20-19)11-14-15(17)8-6-9-16(14)18/h6,8-9,12-13,20H,3-5,7,10-11,19H2,1-2H3. The summed E-state index contributed by atoms with van der Waals surface area (Å²) in [5.41, 5.74) is 3.38. The van der Waals surface area contributed by atoms with Crippen LogP contribution >= 0.6 is 11.6 Å². The highest BCUT2D eigenvalue weighted by atomic mass is 35.5. The van der Waals surface area contributed by atoms with E-state index >= 15 is 0 Å². The van der Waals surface area contributed by atoms with Gasteiger partial charge in [-0.05, 0) is 30.9 Å². The predicted molar refractivity (Wildman–Crippen MR) is 84.1 cm³/mol. The maximum Gasteiger partial charge on any atom is 0.127 e. The van der Waals surface area contributed by atoms with E-state index in [-0.39, 0.29) is 11.9 Å². The molecule has 0 radical (unpaired) electrons. The van der Waals surface area contributed by atoms with Crippen molar-refractivity contribution in [2.75, 3.05) is 0 Å². The largest absolute Gasteiger partial charge is 0.271 e. The van der Waals surface area contributed by atoms with Gasteiger partial charge in [-0.2, -0.15) is 0 Å². The van der Waals surface area contributed by atoms with Crippen LogP contribution in [0.5, 0.6) is 0 Å². The van der Waals surface area contributed by atoms with Crippen LogP contribution in [0.4, 0.5) is 4.39 Å². The number of hydrogen-bond acceptors (Lipinski definition) is 2. The number of hydrogen-bond donors (Lipinski definition) is 2. The Morgan fingerprint density at radius 3 is 2.65 bits per heavy atom. The van der Waals surface area contributed by atoms with Gasteiger partial charge in [0.1, 0.15) is 5.82 Å². The highest BCUT2D eigenvalue weighted by Crippen LogP contribution is 2.24. The first-order valence-electron chi connectivity index (χ1n) is 7.51. The molecule has 0 aliphatic carbocycles. The summed E-state index contributed by atoms with van der Waals surface area (Å²) in [7, 11) is 0. The zero-order chi connectivity index (χ0) is 15.0. The number of hydrazine groups is 1. The summed E-state index contributed by atoms with van der Waals surface area (Å²) >= 11 is 6.08. The lowest BCUT2D eigenvalue weighted by atomic mass is 9.89. The van der Waals surface area contributed by atoms with Crippen molar-refractivity contribution in [3.8, 4) is 0 Å². The van der Waals surface area contributed by atoms with E-state index in [4.69, 9.17) is 17.4 Å². The van der Waals surface area contributed by atoms with Crippen LogP contribution in [0.15, 0.2) is 18.2 Å². The lowest BCUT2D eigenvalue weighted by Gasteiger charge is -2.23. The second-order valence-electron chi connectivity index (χ2n) is 5.42. The van der Waals surface area contributed by atoms with Gasteiger partial charge in [0.2, 0.25) is 0 Å². The number of nitrogens with two attached hydrogens (primary N) is 1. The third-order valence-electron chi connectivity index (χ3n) is 3.91. The lowest BCUT2D eigenvalue weighted by molar-refractivity contribution is 0.348. The van der Waals surface area contributed by atoms with Gasteiger partial charge in [0.05, 0.1) is 0 Å². The number of unbranched alkanes of at least 4 members (excludes halogenated alkanes) is 1. The van der Waals surface area contributed by atoms with Crippen LogP contribution in [0.3, 0.4) is 0 Å². The van der Waals surface area contributed by atoms with E-state index in [1.165, 1.54) is 25.3 Å². The Balaban J connectivity index is 2.66. The minimum atomic E-state index is -0.251. The first-order valence-corrected chi connectivity index (χ1v) is 7.89. The summed E-state index contributed by atoms with van der Waals surface area (Å²) in [6.45, 7) is 4.40. The predicted octanol–water partition coefficient (Wildman–Crippen LogP) is 4.46. The molecule has 0 bridgehead atoms. The highest BCUT2D eigenvalue weighted by molar-refractivity contribution is 6.31. The van der Waals surface area contributed by atoms with Crippen LogP contribution in [0.25, 0.3) is 0 Å². The minimum absolute atomic E-state index is 0.0613. The number of nitrogens with one attached hydrogen (secondary N) is 1. The van der Waals surface area contributed by atoms with Gasteiger partial charge in [0.25, 0.3) is 0 Å². The minimum Gasteiger partial charge on any atom is -0.271 e. The topological polar surface area (TPSA) is 38.0 Å². The van der Waals surface area contributed by atoms with E-state index in [2.05, 4.69) is 19.3 Å². The average molecular weight is 301 g/mol. The summed E-state index contributed by atoms with van der Waals surface area (Å²) in [4.78, 5) is 0. The highest BCUT2D eigenvalue weighted by Gasteiger charge is 2.17. The molecular formula is C16H26ClFN2. The molecule has 1 rings (SSSR count). The van der Waals surface area contributed by atoms with Crippen LogP contribution in [-0.2, 0) is 6.42 Å². The molecule has 2 atom stereocenters. The Kier molecular flexibility index (Phi) is 8.12. The van der Waals surface area contributed by atoms with Gasteiger partial charge in [-0.1, -0.05) is 57.2 Å². The van der Waals surface area contributed by atoms with Crippen molar-refractivity contribution in [2.24, 2.45) is 11.8 Å². The van der Waals surface area contributed by atoms with Gasteiger partial charge in [0, 0.05) is 16.6 Å². The second-order valence-corrected chi connectivity index (χ2v) is 5.83. The van der Waals surface area contributed by atoms with Crippen LogP contribution in [-0.4, -0.2) is 6.04 Å². The Labute approximate surface area is 126 Å². The van der Waals surface area contributed by atoms with Crippen molar-refractivity contribution < 1.29 is 4.39 Å². The smallest absolute Gasteiger partial charge is 0.127 e. The van der Waals surface area contributed by atoms with Crippen LogP contribution in [0.2, 0.25) is 5.02 Å². The molecule has 1 aromatic carbocycles. The molecule has 1 aromatic rings. The second kappa shape index (κ2) is 9.32. The van der Waals surface area contributed by atoms with Crippen LogP contribution in [0.1, 0.15) is 51.5 Å². The van der Waals surface area contributed by atoms with E-state index in [1.54, 1.807) is 12.1 Å². The summed E-state index contributed by atoms with van der Waals surface area (Å²) < 4.78 is 13.8. The molecule has 2 unspecified atom stereocenters. The zero-order valence-electron chi connectivity index (χ0n) is 12.5. The van der Waals surface area contributed by atoms with Crippen LogP contribution < -0.4 is 11.3 Å². The van der Waals surface area contributed by atoms with Gasteiger partial charge in [0.15, 0.2) is 0 Å². The normalized spacial score (nSPS) is 14.2. The zero-order valence-corrected chi connectivity index (χ0v) is 13.2. The fraction of sp³-hybridized carbons (Fsp3) is 0.625. The van der Waals surface area contributed by atoms with E-state index in [0.29, 0.717) is 22.9 Å². The average Bonchev–Trinajstić information content (AvgIpc) is 2.45. The Hall–Kier alpha value is -0.640. The summed E-state index contributed by atoms with van der Waals surface area (Å²) in [5.74, 6) is 6.01. The molecule has 0 saturated carbocycles. The summed E-state index contributed by atoms with van der Waals surface area (Å²) in [6.07, 6.45) is 6.26. The molecule has 0 amide bonds. The fourth-order valence-electron chi connectivity index (χ4n) is 2.57. The molecule has 20 heavy (non-hydrogen) atoms. The van der Waals surface area contributed by atoms with Gasteiger partial charge < -0.3 is 0 Å². The van der Waals surface area contributed by atoms with Gasteiger partial charge in [-0.3, -0.25) is 11.3 Å². The van der Waals surface area contributed by atoms with Crippen molar-refractivity contribution in [1.82, 2.24) is 5.43 Å². The van der Waals surface area contributed by atoms with Crippen molar-refractivity contribution >= 4 is 11.6 Å². The maximum atomic E-state index is 13.8. The van der Waals surface area contributed by atoms with Crippen molar-refractivity contribution in [3.05, 3.63) is 34.6 Å². The molecule has 4 heteroatoms. The number of benzene rings is 1. The molecule has 2 nitrogen and oxygen atoms in total. The summed E-state index contributed by atoms with van der Waals surface area (Å²) in [6, 6.07) is 4.86. The number of halogens is 2. The third kappa shape index (κ3) is 5.39. The lowest BCUT2D eigenvalue weighted by Crippen LogP contribution is -2.38. The first kappa shape index (κ1) is 17.4. The fourth-order valence-corrected chi connectivity index (χ4v) is 2.81. The van der Waals surface area contributed by atoms with E-state index in [1.807, 2.05) is 0 Å². The Morgan fingerprint density at radius 1 is 1.35 bits per heavy atom. The van der Waals surface area contributed by atoms with Crippen molar-refractivity contribution in [2.45, 2.75) is 58.4 Å². The summed E-state index contributed by atoms with van der Waals surface area (Å²) in [5, 5.41) is 0.479. The van der Waals surface area contributed by atoms with Crippen molar-refractivity contribution in [3.63, 3.8) is 0 Å². The molecule has 0 aromatic heterocycles. The van der Waals surface area contributed by atoms with E-state index < -0.39 is 0 Å². The SMILES string of the molecule is CCCCC(CC)CC(Cc1c(F)cccc1Cl)NN. The monoisotopic (exact) mass is 300 g/mol. The first-order chi connectivity index (χ1) is 9.62. The Morgan fingerprint density at radius 2 is 2.10 bits per heavy atom. The quantitative estimate of drug-likeness (QED) is 0.522. The van der Waals surface area contributed by atoms with Gasteiger partial charge in [-0.15, -0.1) is 0 Å². The molecule has 3 N–H and O–H groups in total. The Bertz CT molecular complexity index is 378. The van der Waals surface area contributed by atoms with E-state index in [0.717, 1.165) is 12.8 Å². The molecule has 0 heterocycles.